The number of benzene rings is 2. The predicted molar refractivity (Wildman–Crippen MR) is 142 cm³/mol. The van der Waals surface area contributed by atoms with E-state index in [9.17, 15) is 0 Å². The normalized spacial score (nSPS) is 17.9. The minimum atomic E-state index is -0.106. The van der Waals surface area contributed by atoms with Crippen molar-refractivity contribution in [2.24, 2.45) is 0 Å². The van der Waals surface area contributed by atoms with Gasteiger partial charge in [0.05, 0.1) is 25.4 Å². The molecule has 2 aliphatic carbocycles. The summed E-state index contributed by atoms with van der Waals surface area (Å²) >= 11 is 0. The molecular formula is C31H44O4. The van der Waals surface area contributed by atoms with Gasteiger partial charge in [-0.25, -0.2) is 0 Å². The molecule has 0 aliphatic heterocycles. The smallest absolute Gasteiger partial charge is 0.119 e. The van der Waals surface area contributed by atoms with Gasteiger partial charge in [0.25, 0.3) is 0 Å². The minimum Gasteiger partial charge on any atom is -0.491 e. The lowest BCUT2D eigenvalue weighted by Gasteiger charge is -2.26. The Morgan fingerprint density at radius 3 is 1.29 bits per heavy atom. The molecule has 35 heavy (non-hydrogen) atoms. The zero-order valence-electron chi connectivity index (χ0n) is 21.8. The fourth-order valence-corrected chi connectivity index (χ4v) is 5.31. The number of hydrogen-bond donors (Lipinski definition) is 0. The third kappa shape index (κ3) is 7.98. The fraction of sp³-hybridized carbons (Fsp3) is 0.613. The number of rotatable bonds is 12. The van der Waals surface area contributed by atoms with Crippen LogP contribution in [0.5, 0.6) is 11.5 Å². The van der Waals surface area contributed by atoms with Crippen LogP contribution in [0.2, 0.25) is 0 Å². The summed E-state index contributed by atoms with van der Waals surface area (Å²) in [7, 11) is 0. The van der Waals surface area contributed by atoms with Crippen LogP contribution in [0.4, 0.5) is 0 Å². The lowest BCUT2D eigenvalue weighted by molar-refractivity contribution is 0.0129. The highest BCUT2D eigenvalue weighted by molar-refractivity contribution is 5.41. The average Bonchev–Trinajstić information content (AvgIpc) is 2.91. The first-order valence-electron chi connectivity index (χ1n) is 13.8. The first-order valence-corrected chi connectivity index (χ1v) is 13.8. The van der Waals surface area contributed by atoms with E-state index in [-0.39, 0.29) is 5.41 Å². The summed E-state index contributed by atoms with van der Waals surface area (Å²) in [6, 6.07) is 17.0. The zero-order chi connectivity index (χ0) is 24.3. The van der Waals surface area contributed by atoms with Crippen molar-refractivity contribution in [3.05, 3.63) is 59.7 Å². The standard InChI is InChI=1S/C31H44O4/c1-31(2,25-13-17-29(18-14-25)34-23-21-32-27-9-5-3-6-10-27)26-15-19-30(20-16-26)35-24-22-33-28-11-7-4-8-12-28/h13-20,27-28H,3-12,21-24H2,1-2H3. The summed E-state index contributed by atoms with van der Waals surface area (Å²) in [5.41, 5.74) is 2.42. The largest absolute Gasteiger partial charge is 0.491 e. The summed E-state index contributed by atoms with van der Waals surface area (Å²) in [5, 5.41) is 0. The van der Waals surface area contributed by atoms with Crippen LogP contribution in [0.1, 0.15) is 89.2 Å². The van der Waals surface area contributed by atoms with Gasteiger partial charge in [0, 0.05) is 5.41 Å². The maximum absolute atomic E-state index is 5.97. The molecular weight excluding hydrogens is 436 g/mol. The van der Waals surface area contributed by atoms with Crippen molar-refractivity contribution in [2.75, 3.05) is 26.4 Å². The van der Waals surface area contributed by atoms with Gasteiger partial charge in [-0.3, -0.25) is 0 Å². The lowest BCUT2D eigenvalue weighted by Crippen LogP contribution is -2.20. The van der Waals surface area contributed by atoms with Crippen molar-refractivity contribution in [3.8, 4) is 11.5 Å². The summed E-state index contributed by atoms with van der Waals surface area (Å²) in [4.78, 5) is 0. The Balaban J connectivity index is 1.20. The molecule has 0 atom stereocenters. The molecule has 0 spiro atoms. The van der Waals surface area contributed by atoms with Gasteiger partial charge in [0.1, 0.15) is 24.7 Å². The molecule has 4 rings (SSSR count). The highest BCUT2D eigenvalue weighted by Gasteiger charge is 2.23. The van der Waals surface area contributed by atoms with E-state index in [1.54, 1.807) is 0 Å². The molecule has 0 radical (unpaired) electrons. The van der Waals surface area contributed by atoms with Crippen molar-refractivity contribution in [2.45, 2.75) is 95.7 Å². The Morgan fingerprint density at radius 1 is 0.543 bits per heavy atom. The third-order valence-electron chi connectivity index (χ3n) is 7.67. The maximum atomic E-state index is 5.97. The Labute approximate surface area is 212 Å². The zero-order valence-corrected chi connectivity index (χ0v) is 21.8. The Kier molecular flexibility index (Phi) is 9.91. The van der Waals surface area contributed by atoms with Crippen LogP contribution in [-0.2, 0) is 14.9 Å². The average molecular weight is 481 g/mol. The summed E-state index contributed by atoms with van der Waals surface area (Å²) in [6.07, 6.45) is 13.6. The Morgan fingerprint density at radius 2 is 0.914 bits per heavy atom. The molecule has 0 N–H and O–H groups in total. The minimum absolute atomic E-state index is 0.106. The van der Waals surface area contributed by atoms with Crippen molar-refractivity contribution in [3.63, 3.8) is 0 Å². The SMILES string of the molecule is CC(C)(c1ccc(OCCOC2CCCCC2)cc1)c1ccc(OCCOC2CCCCC2)cc1. The second-order valence-electron chi connectivity index (χ2n) is 10.6. The number of ether oxygens (including phenoxy) is 4. The predicted octanol–water partition coefficient (Wildman–Crippen LogP) is 7.47. The van der Waals surface area contributed by atoms with Gasteiger partial charge in [0.15, 0.2) is 0 Å². The number of hydrogen-bond acceptors (Lipinski definition) is 4. The second kappa shape index (κ2) is 13.3. The van der Waals surface area contributed by atoms with Gasteiger partial charge in [-0.15, -0.1) is 0 Å². The van der Waals surface area contributed by atoms with Gasteiger partial charge >= 0.3 is 0 Å². The van der Waals surface area contributed by atoms with Crippen molar-refractivity contribution in [1.82, 2.24) is 0 Å². The third-order valence-corrected chi connectivity index (χ3v) is 7.67. The second-order valence-corrected chi connectivity index (χ2v) is 10.6. The van der Waals surface area contributed by atoms with E-state index in [1.807, 2.05) is 0 Å². The van der Waals surface area contributed by atoms with Crippen LogP contribution < -0.4 is 9.47 Å². The molecule has 4 heteroatoms. The van der Waals surface area contributed by atoms with E-state index in [2.05, 4.69) is 62.4 Å². The van der Waals surface area contributed by atoms with E-state index >= 15 is 0 Å². The van der Waals surface area contributed by atoms with Crippen LogP contribution in [0.3, 0.4) is 0 Å². The molecule has 0 unspecified atom stereocenters. The van der Waals surface area contributed by atoms with Gasteiger partial charge in [0.2, 0.25) is 0 Å². The molecule has 4 nitrogen and oxygen atoms in total. The Bertz CT molecular complexity index is 775. The van der Waals surface area contributed by atoms with Gasteiger partial charge in [-0.05, 0) is 61.1 Å². The van der Waals surface area contributed by atoms with E-state index in [0.29, 0.717) is 38.6 Å². The highest BCUT2D eigenvalue weighted by Crippen LogP contribution is 2.33. The monoisotopic (exact) mass is 480 g/mol. The van der Waals surface area contributed by atoms with Crippen molar-refractivity contribution < 1.29 is 18.9 Å². The highest BCUT2D eigenvalue weighted by atomic mass is 16.5. The van der Waals surface area contributed by atoms with E-state index in [1.165, 1.54) is 75.3 Å². The lowest BCUT2D eigenvalue weighted by atomic mass is 9.78. The summed E-state index contributed by atoms with van der Waals surface area (Å²) in [6.45, 7) is 7.06. The molecule has 2 aliphatic rings. The van der Waals surface area contributed by atoms with Crippen molar-refractivity contribution in [1.29, 1.82) is 0 Å². The molecule has 192 valence electrons. The van der Waals surface area contributed by atoms with Crippen LogP contribution >= 0.6 is 0 Å². The van der Waals surface area contributed by atoms with E-state index in [0.717, 1.165) is 11.5 Å². The van der Waals surface area contributed by atoms with E-state index < -0.39 is 0 Å². The molecule has 0 amide bonds. The molecule has 2 saturated carbocycles. The van der Waals surface area contributed by atoms with Crippen LogP contribution in [0.15, 0.2) is 48.5 Å². The maximum Gasteiger partial charge on any atom is 0.119 e. The fourth-order valence-electron chi connectivity index (χ4n) is 5.31. The topological polar surface area (TPSA) is 36.9 Å². The molecule has 2 aromatic carbocycles. The quantitative estimate of drug-likeness (QED) is 0.295. The van der Waals surface area contributed by atoms with Crippen molar-refractivity contribution >= 4 is 0 Å². The van der Waals surface area contributed by atoms with Crippen LogP contribution in [0, 0.1) is 0 Å². The van der Waals surface area contributed by atoms with Gasteiger partial charge in [-0.2, -0.15) is 0 Å². The van der Waals surface area contributed by atoms with Gasteiger partial charge in [-0.1, -0.05) is 76.6 Å². The van der Waals surface area contributed by atoms with Gasteiger partial charge < -0.3 is 18.9 Å². The van der Waals surface area contributed by atoms with Crippen LogP contribution in [0.25, 0.3) is 0 Å². The van der Waals surface area contributed by atoms with Crippen LogP contribution in [-0.4, -0.2) is 38.6 Å². The first-order chi connectivity index (χ1) is 17.1. The molecule has 0 heterocycles. The molecule has 0 aromatic heterocycles. The molecule has 0 saturated heterocycles. The molecule has 2 aromatic rings. The first kappa shape index (κ1) is 26.0. The van der Waals surface area contributed by atoms with E-state index in [4.69, 9.17) is 18.9 Å². The molecule has 2 fully saturated rings. The molecule has 0 bridgehead atoms. The Hall–Kier alpha value is -2.04. The summed E-state index contributed by atoms with van der Waals surface area (Å²) in [5.74, 6) is 1.80. The summed E-state index contributed by atoms with van der Waals surface area (Å²) < 4.78 is 23.8.